The monoisotopic (exact) mass is 1850 g/mol. The number of fused-ring (bicyclic) bond motifs is 15. The Morgan fingerprint density at radius 2 is 1.30 bits per heavy atom. The van der Waals surface area contributed by atoms with Crippen LogP contribution < -0.4 is 68.2 Å². The van der Waals surface area contributed by atoms with Crippen LogP contribution >= 0.6 is 34.5 Å². The molecular formula is C84H93Cl2F3N10O28S. The van der Waals surface area contributed by atoms with Gasteiger partial charge in [0.2, 0.25) is 53.4 Å². The predicted octanol–water partition coefficient (Wildman–Crippen LogP) is 2.48. The number of nitrogens with two attached hydrogens (primary N) is 2. The number of carbonyl (C=O) groups excluding carboxylic acids is 7. The number of phenols is 3. The molecule has 688 valence electrons. The molecule has 0 radical (unpaired) electrons. The van der Waals surface area contributed by atoms with E-state index in [1.807, 2.05) is 0 Å². The number of benzene rings is 6. The first kappa shape index (κ1) is 94.9. The summed E-state index contributed by atoms with van der Waals surface area (Å²) in [5.41, 5.74) is 7.49. The van der Waals surface area contributed by atoms with E-state index in [4.69, 9.17) is 72.6 Å². The van der Waals surface area contributed by atoms with E-state index in [0.717, 1.165) is 78.9 Å². The Morgan fingerprint density at radius 3 is 1.92 bits per heavy atom. The van der Waals surface area contributed by atoms with Gasteiger partial charge >= 0.3 is 12.1 Å². The van der Waals surface area contributed by atoms with Gasteiger partial charge in [-0.15, -0.1) is 11.3 Å². The molecule has 8 aliphatic rings. The number of ether oxygens (including phenoxy) is 8. The van der Waals surface area contributed by atoms with Crippen LogP contribution in [0.3, 0.4) is 0 Å². The summed E-state index contributed by atoms with van der Waals surface area (Å²) < 4.78 is 91.1. The number of primary amides is 1. The first-order valence-corrected chi connectivity index (χ1v) is 41.7. The van der Waals surface area contributed by atoms with Crippen LogP contribution in [0.2, 0.25) is 10.0 Å². The molecule has 8 aliphatic heterocycles. The average molecular weight is 1850 g/mol. The molecule has 0 aliphatic carbocycles. The number of aliphatic carboxylic acids is 1. The second-order valence-electron chi connectivity index (χ2n) is 32.3. The predicted molar refractivity (Wildman–Crippen MR) is 441 cm³/mol. The highest BCUT2D eigenvalue weighted by molar-refractivity contribution is 7.15. The highest BCUT2D eigenvalue weighted by Gasteiger charge is 2.53. The summed E-state index contributed by atoms with van der Waals surface area (Å²) in [6, 6.07) is 6.52. The van der Waals surface area contributed by atoms with E-state index in [1.165, 1.54) is 56.5 Å². The standard InChI is InChI=1S/C84H93Cl2F3N10O28S/c1-31(2)18-45(92-5)74(112)98-62-64(105)35-9-15-49(43(85)20-35)121-51-22-37-23-52(71(51)126-82-69(110)67(108)72(54(30-100)124-82)127-81-68(109)66(107)65(106)53(123-81)29-93-28-40-13-17-55(128-40)33-6-11-38(12-7-33)84(87,88)89)122-50-16-10-36(21-44(50)86)70(125-57-27-83(4,91)73(111)32(3)120-57)63-79(117)97-61(80(118)119)42-24-39(101)25-48(103)58(42)41-19-34(8-14-47(41)102)59(76(114)99-63)96-77(115)60(37)95-75(113)46(26-56(90)104)94-78(62)116/h6-17,19-25,31-32,45-46,53-54,57,59-70,72-73,81-82,92-93,100-103,105-111H,18,26-30,91H2,1-5H3,(H2,90,104)(H,94,116)(H,95,113)(H,96,115)(H,97,117)(H,98,112)(H,99,114)(H,118,119)/t32-,45+,46?,53+,54+,57?,59+,60+,61?,62?,63-,64+,65-,66-,67+,68+,69+,70+,72+,73-,81-,82-,83-/m0/s1. The van der Waals surface area contributed by atoms with E-state index >= 15 is 24.0 Å². The molecule has 4 unspecified atom stereocenters. The van der Waals surface area contributed by atoms with Crippen molar-refractivity contribution >= 4 is 81.9 Å². The van der Waals surface area contributed by atoms with Gasteiger partial charge in [-0.2, -0.15) is 13.2 Å². The molecule has 24 N–H and O–H groups in total. The molecule has 0 spiro atoms. The number of phenolic OH excluding ortho intramolecular Hbond substituents is 3. The summed E-state index contributed by atoms with van der Waals surface area (Å²) in [6.45, 7) is 5.13. The van der Waals surface area contributed by atoms with E-state index < -0.39 is 296 Å². The Balaban J connectivity index is 0.952. The smallest absolute Gasteiger partial charge is 0.416 e. The molecule has 23 atom stereocenters. The van der Waals surface area contributed by atoms with Gasteiger partial charge in [-0.25, -0.2) is 4.79 Å². The van der Waals surface area contributed by atoms with Crippen LogP contribution in [0.15, 0.2) is 115 Å². The van der Waals surface area contributed by atoms with E-state index in [1.54, 1.807) is 26.0 Å². The number of aliphatic hydroxyl groups excluding tert-OH is 8. The number of rotatable bonds is 20. The Morgan fingerprint density at radius 1 is 0.672 bits per heavy atom. The summed E-state index contributed by atoms with van der Waals surface area (Å²) in [5.74, 6) is -17.0. The molecule has 0 saturated carbocycles. The number of aromatic hydroxyl groups is 3. The van der Waals surface area contributed by atoms with E-state index in [0.29, 0.717) is 15.3 Å². The van der Waals surface area contributed by atoms with Crippen LogP contribution in [0.4, 0.5) is 13.2 Å². The fourth-order valence-corrected chi connectivity index (χ4v) is 17.2. The second-order valence-corrected chi connectivity index (χ2v) is 34.3. The third-order valence-electron chi connectivity index (χ3n) is 22.5. The number of aliphatic hydroxyl groups is 8. The summed E-state index contributed by atoms with van der Waals surface area (Å²) in [5, 5.41) is 159. The molecule has 3 fully saturated rings. The number of carboxylic acid groups (broad SMARTS) is 1. The average Bonchev–Trinajstić information content (AvgIpc) is 0.827. The van der Waals surface area contributed by atoms with Crippen LogP contribution in [-0.2, 0) is 74.8 Å². The van der Waals surface area contributed by atoms with Crippen molar-refractivity contribution in [1.29, 1.82) is 0 Å². The van der Waals surface area contributed by atoms with Crippen LogP contribution in [0.5, 0.6) is 46.0 Å². The quantitative estimate of drug-likeness (QED) is 0.0521. The first-order valence-electron chi connectivity index (χ1n) is 40.1. The molecule has 6 aromatic carbocycles. The summed E-state index contributed by atoms with van der Waals surface area (Å²) in [6.07, 6.45) is -34.4. The zero-order valence-corrected chi connectivity index (χ0v) is 70.7. The summed E-state index contributed by atoms with van der Waals surface area (Å²) in [7, 11) is 1.45. The molecule has 128 heavy (non-hydrogen) atoms. The minimum atomic E-state index is -4.56. The third-order valence-corrected chi connectivity index (χ3v) is 24.2. The number of amides is 7. The Hall–Kier alpha value is -10.7. The maximum atomic E-state index is 16.4. The molecule has 44 heteroatoms. The zero-order valence-electron chi connectivity index (χ0n) is 68.3. The van der Waals surface area contributed by atoms with Crippen molar-refractivity contribution in [2.75, 3.05) is 20.2 Å². The topological polar surface area (TPSA) is 601 Å². The van der Waals surface area contributed by atoms with Crippen LogP contribution in [0.1, 0.15) is 116 Å². The minimum absolute atomic E-state index is 0.0751. The fourth-order valence-electron chi connectivity index (χ4n) is 15.8. The SMILES string of the molecule is CN[C@H](CC(C)C)C(=O)NC1C(=O)NC(CC(N)=O)C(=O)N[C@H]2C(=O)N[C@H]3C(=O)N[C@H](C(=O)NC(C(=O)O)c4cc(O)cc(O)c4-c4cc3ccc4O)[C@H](OC3C[C@](C)(N)[C@@H](O)[C@H](C)O3)c3ccc(c(Cl)c3)Oc3cc2cc(c3O[C@@H]2O[C@H](CO)[C@@H](O[C@@H]3O[C@H](CNCc4ccc(-c5ccc(C(F)(F)F)cc5)s4)[C@H](O)[C@H](O)[C@H]3O)[C@H](O)[C@H]2O)Oc2ccc(cc2Cl)[C@H]1O. The van der Waals surface area contributed by atoms with Crippen molar-refractivity contribution in [3.8, 4) is 67.6 Å². The van der Waals surface area contributed by atoms with Crippen molar-refractivity contribution in [3.05, 3.63) is 164 Å². The minimum Gasteiger partial charge on any atom is -0.508 e. The van der Waals surface area contributed by atoms with Crippen molar-refractivity contribution in [3.63, 3.8) is 0 Å². The van der Waals surface area contributed by atoms with Gasteiger partial charge in [0.15, 0.2) is 30.1 Å². The number of halogens is 5. The van der Waals surface area contributed by atoms with E-state index in [2.05, 4.69) is 42.5 Å². The number of hydrogen-bond donors (Lipinski definition) is 22. The highest BCUT2D eigenvalue weighted by Crippen LogP contribution is 2.51. The van der Waals surface area contributed by atoms with Crippen molar-refractivity contribution in [2.45, 2.75) is 200 Å². The number of alkyl halides is 3. The van der Waals surface area contributed by atoms with Gasteiger partial charge in [0.05, 0.1) is 46.9 Å². The highest BCUT2D eigenvalue weighted by atomic mass is 35.5. The molecule has 7 amide bonds. The number of carbonyl (C=O) groups is 8. The van der Waals surface area contributed by atoms with Crippen molar-refractivity contribution in [1.82, 2.24) is 42.5 Å². The van der Waals surface area contributed by atoms with E-state index in [9.17, 15) is 88.8 Å². The maximum Gasteiger partial charge on any atom is 0.416 e. The Labute approximate surface area is 739 Å². The number of nitrogens with one attached hydrogen (secondary N) is 8. The lowest BCUT2D eigenvalue weighted by Crippen LogP contribution is -2.65. The van der Waals surface area contributed by atoms with Crippen LogP contribution in [0.25, 0.3) is 21.6 Å². The van der Waals surface area contributed by atoms with Crippen LogP contribution in [0, 0.1) is 5.92 Å². The molecule has 1 aromatic heterocycles. The molecule has 11 bridgehead atoms. The van der Waals surface area contributed by atoms with Crippen LogP contribution in [-0.4, -0.2) is 238 Å². The van der Waals surface area contributed by atoms with Gasteiger partial charge in [0.25, 0.3) is 0 Å². The van der Waals surface area contributed by atoms with Crippen molar-refractivity contribution in [2.24, 2.45) is 17.4 Å². The lowest BCUT2D eigenvalue weighted by molar-refractivity contribution is -0.350. The van der Waals surface area contributed by atoms with Gasteiger partial charge in [-0.3, -0.25) is 33.6 Å². The lowest BCUT2D eigenvalue weighted by Gasteiger charge is -2.46. The van der Waals surface area contributed by atoms with Gasteiger partial charge in [-0.05, 0) is 140 Å². The molecule has 15 rings (SSSR count). The summed E-state index contributed by atoms with van der Waals surface area (Å²) in [4.78, 5) is 122. The first-order chi connectivity index (χ1) is 60.5. The maximum absolute atomic E-state index is 16.4. The molecule has 3 saturated heterocycles. The van der Waals surface area contributed by atoms with Gasteiger partial charge < -0.3 is 153 Å². The second kappa shape index (κ2) is 38.9. The summed E-state index contributed by atoms with van der Waals surface area (Å²) >= 11 is 15.7. The third kappa shape index (κ3) is 20.6. The fraction of sp³-hybridized carbons (Fsp3) is 0.429. The van der Waals surface area contributed by atoms with E-state index in [-0.39, 0.29) is 43.0 Å². The number of hydrogen-bond acceptors (Lipinski definition) is 31. The molecule has 38 nitrogen and oxygen atoms in total. The lowest BCUT2D eigenvalue weighted by atomic mass is 9.86. The van der Waals surface area contributed by atoms with Gasteiger partial charge in [0, 0.05) is 57.6 Å². The van der Waals surface area contributed by atoms with Gasteiger partial charge in [-0.1, -0.05) is 67.4 Å². The van der Waals surface area contributed by atoms with Gasteiger partial charge in [0.1, 0.15) is 120 Å². The zero-order chi connectivity index (χ0) is 92.7. The Bertz CT molecular complexity index is 5350. The number of likely N-dealkylation sites (N-methyl/N-ethyl adjacent to an activating group) is 1. The largest absolute Gasteiger partial charge is 0.508 e. The number of thiophene rings is 1. The molecule has 7 aromatic rings. The Kier molecular flexibility index (Phi) is 28.9. The normalized spacial score (nSPS) is 29.5. The molecular weight excluding hydrogens is 1760 g/mol. The molecule has 9 heterocycles. The number of carboxylic acids is 1. The van der Waals surface area contributed by atoms with Crippen molar-refractivity contribution < 1.29 is 151 Å².